The van der Waals surface area contributed by atoms with Crippen LogP contribution in [0.3, 0.4) is 0 Å². The Bertz CT molecular complexity index is 116. The summed E-state index contributed by atoms with van der Waals surface area (Å²) in [5.41, 5.74) is 0. The normalized spacial score (nSPS) is 13.8. The molecule has 0 N–H and O–H groups in total. The average Bonchev–Trinajstić information content (AvgIpc) is 1.68. The quantitative estimate of drug-likeness (QED) is 0.477. The molecule has 0 aromatic rings. The van der Waals surface area contributed by atoms with E-state index in [1.165, 1.54) is 6.92 Å². The standard InChI is InChI=1S/C3H8O2S/c1-3-6(2,4)5/h3H2,1-2H3/i2D. The third-order valence-corrected chi connectivity index (χ3v) is 1.32. The van der Waals surface area contributed by atoms with Crippen LogP contribution in [0.1, 0.15) is 8.29 Å². The average molecular weight is 109 g/mol. The van der Waals surface area contributed by atoms with Crippen molar-refractivity contribution >= 4 is 9.84 Å². The molecule has 0 fully saturated rings. The minimum Gasteiger partial charge on any atom is -0.229 e. The molecule has 2 nitrogen and oxygen atoms in total. The van der Waals surface area contributed by atoms with E-state index in [-0.39, 0.29) is 5.75 Å². The molecule has 0 aromatic heterocycles. The van der Waals surface area contributed by atoms with Gasteiger partial charge in [0.15, 0.2) is 0 Å². The van der Waals surface area contributed by atoms with Crippen LogP contribution in [-0.2, 0) is 9.84 Å². The van der Waals surface area contributed by atoms with Crippen LogP contribution in [0.5, 0.6) is 0 Å². The van der Waals surface area contributed by atoms with Crippen LogP contribution >= 0.6 is 0 Å². The molecule has 0 aliphatic carbocycles. The Hall–Kier alpha value is -0.0500. The fraction of sp³-hybridized carbons (Fsp3) is 1.00. The van der Waals surface area contributed by atoms with Gasteiger partial charge in [0.2, 0.25) is 0 Å². The van der Waals surface area contributed by atoms with E-state index >= 15 is 0 Å². The molecule has 3 heteroatoms. The Morgan fingerprint density at radius 3 is 2.33 bits per heavy atom. The second-order valence-electron chi connectivity index (χ2n) is 1.03. The van der Waals surface area contributed by atoms with Crippen LogP contribution in [0.4, 0.5) is 0 Å². The van der Waals surface area contributed by atoms with E-state index in [0.29, 0.717) is 0 Å². The van der Waals surface area contributed by atoms with Crippen molar-refractivity contribution in [1.29, 1.82) is 0 Å². The lowest BCUT2D eigenvalue weighted by molar-refractivity contribution is 0.603. The Labute approximate surface area is 39.5 Å². The van der Waals surface area contributed by atoms with Gasteiger partial charge in [-0.25, -0.2) is 8.42 Å². The van der Waals surface area contributed by atoms with Crippen LogP contribution in [0.2, 0.25) is 0 Å². The highest BCUT2D eigenvalue weighted by molar-refractivity contribution is 7.90. The van der Waals surface area contributed by atoms with Gasteiger partial charge in [0.25, 0.3) is 0 Å². The summed E-state index contributed by atoms with van der Waals surface area (Å²) >= 11 is 0. The number of rotatable bonds is 1. The summed E-state index contributed by atoms with van der Waals surface area (Å²) in [7, 11) is -2.99. The summed E-state index contributed by atoms with van der Waals surface area (Å²) in [4.78, 5) is 0. The summed E-state index contributed by atoms with van der Waals surface area (Å²) in [5, 5.41) is 0. The van der Waals surface area contributed by atoms with Crippen LogP contribution in [0.25, 0.3) is 0 Å². The SMILES string of the molecule is [2H]CS(=O)(=O)CC. The zero-order valence-corrected chi connectivity index (χ0v) is 4.46. The molecule has 0 aromatic carbocycles. The second kappa shape index (κ2) is 1.60. The van der Waals surface area contributed by atoms with E-state index in [4.69, 9.17) is 1.37 Å². The maximum absolute atomic E-state index is 10.2. The Morgan fingerprint density at radius 1 is 1.83 bits per heavy atom. The molecule has 0 unspecified atom stereocenters. The van der Waals surface area contributed by atoms with Gasteiger partial charge in [-0.3, -0.25) is 0 Å². The van der Waals surface area contributed by atoms with E-state index in [2.05, 4.69) is 0 Å². The van der Waals surface area contributed by atoms with Crippen molar-refractivity contribution in [3.8, 4) is 0 Å². The first-order chi connectivity index (χ1) is 3.12. The summed E-state index contributed by atoms with van der Waals surface area (Å²) in [6.07, 6.45) is -0.483. The molecule has 0 atom stereocenters. The minimum absolute atomic E-state index is 0.0799. The van der Waals surface area contributed by atoms with E-state index in [1.807, 2.05) is 0 Å². The van der Waals surface area contributed by atoms with Crippen molar-refractivity contribution < 1.29 is 9.79 Å². The zero-order valence-electron chi connectivity index (χ0n) is 4.64. The van der Waals surface area contributed by atoms with Gasteiger partial charge in [-0.2, -0.15) is 0 Å². The van der Waals surface area contributed by atoms with Crippen molar-refractivity contribution in [2.75, 3.05) is 12.0 Å². The lowest BCUT2D eigenvalue weighted by Gasteiger charge is -1.81. The molecule has 6 heavy (non-hydrogen) atoms. The van der Waals surface area contributed by atoms with Gasteiger partial charge in [0.1, 0.15) is 9.84 Å². The van der Waals surface area contributed by atoms with E-state index in [1.54, 1.807) is 0 Å². The molecule has 0 aliphatic heterocycles. The number of hydrogen-bond acceptors (Lipinski definition) is 2. The Morgan fingerprint density at radius 2 is 2.33 bits per heavy atom. The van der Waals surface area contributed by atoms with Crippen molar-refractivity contribution in [2.45, 2.75) is 6.92 Å². The summed E-state index contributed by atoms with van der Waals surface area (Å²) < 4.78 is 26.8. The maximum atomic E-state index is 10.2. The lowest BCUT2D eigenvalue weighted by atomic mass is 11.0. The first kappa shape index (κ1) is 4.12. The van der Waals surface area contributed by atoms with Crippen LogP contribution in [-0.4, -0.2) is 20.4 Å². The summed E-state index contributed by atoms with van der Waals surface area (Å²) in [6.45, 7) is 1.53. The van der Waals surface area contributed by atoms with Crippen LogP contribution < -0.4 is 0 Å². The first-order valence-corrected chi connectivity index (χ1v) is 3.44. The highest BCUT2D eigenvalue weighted by Crippen LogP contribution is 1.75. The molecule has 0 heterocycles. The lowest BCUT2D eigenvalue weighted by Crippen LogP contribution is -1.96. The topological polar surface area (TPSA) is 34.1 Å². The molecule has 0 spiro atoms. The number of sulfone groups is 1. The Kier molecular flexibility index (Phi) is 1.10. The fourth-order valence-electron chi connectivity index (χ4n) is 0. The molecule has 0 aliphatic rings. The molecular weight excluding hydrogens is 100 g/mol. The van der Waals surface area contributed by atoms with Gasteiger partial charge in [-0.15, -0.1) is 0 Å². The van der Waals surface area contributed by atoms with Crippen LogP contribution in [0, 0.1) is 0 Å². The minimum atomic E-state index is -2.99. The molecule has 0 saturated heterocycles. The monoisotopic (exact) mass is 109 g/mol. The molecule has 0 bridgehead atoms. The highest BCUT2D eigenvalue weighted by Gasteiger charge is 1.90. The van der Waals surface area contributed by atoms with E-state index in [0.717, 1.165) is 0 Å². The summed E-state index contributed by atoms with van der Waals surface area (Å²) in [6, 6.07) is 0. The van der Waals surface area contributed by atoms with Gasteiger partial charge in [-0.05, 0) is 0 Å². The van der Waals surface area contributed by atoms with E-state index in [9.17, 15) is 8.42 Å². The van der Waals surface area contributed by atoms with Crippen molar-refractivity contribution in [3.05, 3.63) is 0 Å². The fourth-order valence-corrected chi connectivity index (χ4v) is 0. The van der Waals surface area contributed by atoms with Crippen LogP contribution in [0.15, 0.2) is 0 Å². The number of hydrogen-bond donors (Lipinski definition) is 0. The molecular formula is C3H8O2S. The van der Waals surface area contributed by atoms with Gasteiger partial charge in [0, 0.05) is 13.4 Å². The molecule has 0 saturated carbocycles. The van der Waals surface area contributed by atoms with Gasteiger partial charge < -0.3 is 0 Å². The van der Waals surface area contributed by atoms with Crippen molar-refractivity contribution in [1.82, 2.24) is 0 Å². The molecule has 0 amide bonds. The van der Waals surface area contributed by atoms with Crippen molar-refractivity contribution in [2.24, 2.45) is 0 Å². The third-order valence-electron chi connectivity index (χ3n) is 0.440. The smallest absolute Gasteiger partial charge is 0.147 e. The third kappa shape index (κ3) is 3.95. The second-order valence-corrected chi connectivity index (χ2v) is 3.10. The Balaban J connectivity index is 3.89. The van der Waals surface area contributed by atoms with E-state index < -0.39 is 16.1 Å². The van der Waals surface area contributed by atoms with Gasteiger partial charge in [0.05, 0.1) is 0 Å². The molecule has 0 rings (SSSR count). The predicted molar refractivity (Wildman–Crippen MR) is 25.4 cm³/mol. The largest absolute Gasteiger partial charge is 0.229 e. The molecule has 38 valence electrons. The molecule has 0 radical (unpaired) electrons. The van der Waals surface area contributed by atoms with Crippen molar-refractivity contribution in [3.63, 3.8) is 0 Å². The summed E-state index contributed by atoms with van der Waals surface area (Å²) in [5.74, 6) is 0.0799. The zero-order chi connectivity index (χ0) is 5.91. The predicted octanol–water partition coefficient (Wildman–Crippen LogP) is 0.0509. The first-order valence-electron chi connectivity index (χ1n) is 2.32. The van der Waals surface area contributed by atoms with Gasteiger partial charge in [-0.1, -0.05) is 6.92 Å². The highest BCUT2D eigenvalue weighted by atomic mass is 32.2. The van der Waals surface area contributed by atoms with Gasteiger partial charge >= 0.3 is 0 Å². The maximum Gasteiger partial charge on any atom is 0.147 e.